The number of anilines is 1. The van der Waals surface area contributed by atoms with Crippen molar-refractivity contribution in [1.29, 1.82) is 0 Å². The molecule has 0 aromatic heterocycles. The number of aliphatic carboxylic acids is 1. The highest BCUT2D eigenvalue weighted by molar-refractivity contribution is 6.33. The van der Waals surface area contributed by atoms with E-state index in [1.54, 1.807) is 30.3 Å². The van der Waals surface area contributed by atoms with E-state index >= 15 is 0 Å². The fraction of sp³-hybridized carbons (Fsp3) is 0.0714. The molecule has 0 saturated heterocycles. The number of hydrogen-bond acceptors (Lipinski definition) is 2. The summed E-state index contributed by atoms with van der Waals surface area (Å²) in [5.41, 5.74) is 0.509. The molecule has 0 amide bonds. The van der Waals surface area contributed by atoms with Gasteiger partial charge in [0, 0.05) is 5.56 Å². The van der Waals surface area contributed by atoms with Crippen LogP contribution >= 0.6 is 11.6 Å². The Morgan fingerprint density at radius 1 is 1.16 bits per heavy atom. The van der Waals surface area contributed by atoms with E-state index in [0.29, 0.717) is 10.7 Å². The van der Waals surface area contributed by atoms with Gasteiger partial charge in [-0.3, -0.25) is 0 Å². The SMILES string of the molecule is O=C(O)[C@H](Nc1ccccc1Cl)c1ccccc1F. The molecule has 1 atom stereocenters. The zero-order valence-corrected chi connectivity index (χ0v) is 10.6. The summed E-state index contributed by atoms with van der Waals surface area (Å²) in [6, 6.07) is 11.3. The van der Waals surface area contributed by atoms with E-state index in [4.69, 9.17) is 11.6 Å². The molecule has 2 aromatic rings. The first-order valence-electron chi connectivity index (χ1n) is 5.58. The van der Waals surface area contributed by atoms with Crippen LogP contribution < -0.4 is 5.32 Å². The van der Waals surface area contributed by atoms with Gasteiger partial charge < -0.3 is 10.4 Å². The third kappa shape index (κ3) is 3.03. The highest BCUT2D eigenvalue weighted by atomic mass is 35.5. The predicted molar refractivity (Wildman–Crippen MR) is 71.9 cm³/mol. The van der Waals surface area contributed by atoms with Gasteiger partial charge in [0.1, 0.15) is 5.82 Å². The van der Waals surface area contributed by atoms with Crippen LogP contribution in [-0.2, 0) is 4.79 Å². The summed E-state index contributed by atoms with van der Waals surface area (Å²) in [5, 5.41) is 12.3. The molecule has 0 aliphatic heterocycles. The zero-order chi connectivity index (χ0) is 13.8. The van der Waals surface area contributed by atoms with Crippen LogP contribution in [0.2, 0.25) is 5.02 Å². The van der Waals surface area contributed by atoms with Gasteiger partial charge in [-0.1, -0.05) is 41.9 Å². The molecular weight excluding hydrogens is 269 g/mol. The molecule has 0 fully saturated rings. The maximum Gasteiger partial charge on any atom is 0.330 e. The summed E-state index contributed by atoms with van der Waals surface area (Å²) < 4.78 is 13.7. The first-order chi connectivity index (χ1) is 9.09. The highest BCUT2D eigenvalue weighted by Gasteiger charge is 2.23. The maximum atomic E-state index is 13.7. The van der Waals surface area contributed by atoms with E-state index in [-0.39, 0.29) is 5.56 Å². The second kappa shape index (κ2) is 5.71. The molecule has 0 spiro atoms. The summed E-state index contributed by atoms with van der Waals surface area (Å²) in [6.45, 7) is 0. The van der Waals surface area contributed by atoms with Gasteiger partial charge in [0.05, 0.1) is 10.7 Å². The molecule has 5 heteroatoms. The topological polar surface area (TPSA) is 49.3 Å². The Morgan fingerprint density at radius 2 is 1.79 bits per heavy atom. The van der Waals surface area contributed by atoms with Crippen molar-refractivity contribution in [3.8, 4) is 0 Å². The average molecular weight is 280 g/mol. The molecule has 2 aromatic carbocycles. The Balaban J connectivity index is 2.35. The van der Waals surface area contributed by atoms with Crippen LogP contribution in [-0.4, -0.2) is 11.1 Å². The van der Waals surface area contributed by atoms with Crippen LogP contribution in [0.5, 0.6) is 0 Å². The molecule has 98 valence electrons. The van der Waals surface area contributed by atoms with Crippen molar-refractivity contribution in [2.24, 2.45) is 0 Å². The molecule has 0 aliphatic rings. The second-order valence-electron chi connectivity index (χ2n) is 3.92. The van der Waals surface area contributed by atoms with Crippen LogP contribution in [0.25, 0.3) is 0 Å². The minimum absolute atomic E-state index is 0.0647. The number of nitrogens with one attached hydrogen (secondary N) is 1. The minimum atomic E-state index is -1.19. The number of para-hydroxylation sites is 1. The largest absolute Gasteiger partial charge is 0.479 e. The number of carboxylic acids is 1. The van der Waals surface area contributed by atoms with Gasteiger partial charge in [-0.25, -0.2) is 9.18 Å². The zero-order valence-electron chi connectivity index (χ0n) is 9.81. The summed E-state index contributed by atoms with van der Waals surface area (Å²) >= 11 is 5.95. The molecule has 0 aliphatic carbocycles. The van der Waals surface area contributed by atoms with Gasteiger partial charge in [-0.2, -0.15) is 0 Å². The minimum Gasteiger partial charge on any atom is -0.479 e. The van der Waals surface area contributed by atoms with Crippen molar-refractivity contribution in [2.45, 2.75) is 6.04 Å². The van der Waals surface area contributed by atoms with E-state index < -0.39 is 17.8 Å². The van der Waals surface area contributed by atoms with E-state index in [1.807, 2.05) is 0 Å². The smallest absolute Gasteiger partial charge is 0.330 e. The first kappa shape index (κ1) is 13.4. The standard InChI is InChI=1S/C14H11ClFNO2/c15-10-6-2-4-8-12(10)17-13(14(18)19)9-5-1-3-7-11(9)16/h1-8,13,17H,(H,18,19)/t13-/m1/s1. The lowest BCUT2D eigenvalue weighted by Gasteiger charge is -2.17. The molecule has 0 unspecified atom stereocenters. The van der Waals surface area contributed by atoms with Crippen LogP contribution in [0, 0.1) is 5.82 Å². The first-order valence-corrected chi connectivity index (χ1v) is 5.95. The Bertz CT molecular complexity index is 604. The van der Waals surface area contributed by atoms with Gasteiger partial charge >= 0.3 is 5.97 Å². The fourth-order valence-electron chi connectivity index (χ4n) is 1.72. The molecule has 3 nitrogen and oxygen atoms in total. The van der Waals surface area contributed by atoms with Gasteiger partial charge in [-0.05, 0) is 18.2 Å². The van der Waals surface area contributed by atoms with Crippen LogP contribution in [0.1, 0.15) is 11.6 Å². The summed E-state index contributed by atoms with van der Waals surface area (Å²) in [6.07, 6.45) is 0. The number of hydrogen-bond donors (Lipinski definition) is 2. The van der Waals surface area contributed by atoms with Crippen LogP contribution in [0.15, 0.2) is 48.5 Å². The van der Waals surface area contributed by atoms with Crippen molar-refractivity contribution in [3.05, 3.63) is 64.9 Å². The molecule has 0 radical (unpaired) electrons. The molecular formula is C14H11ClFNO2. The lowest BCUT2D eigenvalue weighted by molar-refractivity contribution is -0.138. The molecule has 2 N–H and O–H groups in total. The van der Waals surface area contributed by atoms with Crippen LogP contribution in [0.4, 0.5) is 10.1 Å². The third-order valence-electron chi connectivity index (χ3n) is 2.64. The van der Waals surface area contributed by atoms with E-state index in [0.717, 1.165) is 0 Å². The van der Waals surface area contributed by atoms with Gasteiger partial charge in [0.25, 0.3) is 0 Å². The van der Waals surface area contributed by atoms with Crippen molar-refractivity contribution in [2.75, 3.05) is 5.32 Å². The predicted octanol–water partition coefficient (Wildman–Crippen LogP) is 3.72. The van der Waals surface area contributed by atoms with E-state index in [1.165, 1.54) is 18.2 Å². The average Bonchev–Trinajstić information content (AvgIpc) is 2.38. The Morgan fingerprint density at radius 3 is 2.42 bits per heavy atom. The highest BCUT2D eigenvalue weighted by Crippen LogP contribution is 2.27. The maximum absolute atomic E-state index is 13.7. The van der Waals surface area contributed by atoms with Crippen molar-refractivity contribution in [1.82, 2.24) is 0 Å². The summed E-state index contributed by atoms with van der Waals surface area (Å²) in [4.78, 5) is 11.3. The number of benzene rings is 2. The number of halogens is 2. The molecule has 0 heterocycles. The number of rotatable bonds is 4. The molecule has 2 rings (SSSR count). The summed E-state index contributed by atoms with van der Waals surface area (Å²) in [7, 11) is 0. The molecule has 0 saturated carbocycles. The normalized spacial score (nSPS) is 11.9. The third-order valence-corrected chi connectivity index (χ3v) is 2.97. The van der Waals surface area contributed by atoms with E-state index in [2.05, 4.69) is 5.32 Å². The van der Waals surface area contributed by atoms with Gasteiger partial charge in [0.15, 0.2) is 6.04 Å². The fourth-order valence-corrected chi connectivity index (χ4v) is 1.91. The number of carbonyl (C=O) groups is 1. The molecule has 19 heavy (non-hydrogen) atoms. The lowest BCUT2D eigenvalue weighted by atomic mass is 10.1. The van der Waals surface area contributed by atoms with Crippen LogP contribution in [0.3, 0.4) is 0 Å². The van der Waals surface area contributed by atoms with Gasteiger partial charge in [-0.15, -0.1) is 0 Å². The van der Waals surface area contributed by atoms with Crippen molar-refractivity contribution in [3.63, 3.8) is 0 Å². The van der Waals surface area contributed by atoms with E-state index in [9.17, 15) is 14.3 Å². The van der Waals surface area contributed by atoms with Crippen molar-refractivity contribution < 1.29 is 14.3 Å². The van der Waals surface area contributed by atoms with Gasteiger partial charge in [0.2, 0.25) is 0 Å². The Kier molecular flexibility index (Phi) is 4.02. The number of carboxylic acid groups (broad SMARTS) is 1. The second-order valence-corrected chi connectivity index (χ2v) is 4.32. The van der Waals surface area contributed by atoms with Crippen molar-refractivity contribution >= 4 is 23.3 Å². The summed E-state index contributed by atoms with van der Waals surface area (Å²) in [5.74, 6) is -1.75. The Labute approximate surface area is 114 Å². The molecule has 0 bridgehead atoms. The Hall–Kier alpha value is -2.07. The monoisotopic (exact) mass is 279 g/mol. The lowest BCUT2D eigenvalue weighted by Crippen LogP contribution is -2.21. The quantitative estimate of drug-likeness (QED) is 0.897.